The largest absolute Gasteiger partial charge is 0.197 e. The summed E-state index contributed by atoms with van der Waals surface area (Å²) in [4.78, 5) is 0. The first-order valence-corrected chi connectivity index (χ1v) is 5.45. The minimum atomic E-state index is -0.830. The zero-order chi connectivity index (χ0) is 13.5. The third-order valence-electron chi connectivity index (χ3n) is 2.43. The lowest BCUT2D eigenvalue weighted by Crippen LogP contribution is -1.89. The average molecular weight is 255 g/mol. The summed E-state index contributed by atoms with van der Waals surface area (Å²) in [6, 6.07) is 7.20. The van der Waals surface area contributed by atoms with Gasteiger partial charge >= 0.3 is 0 Å². The molecule has 0 heterocycles. The molecule has 4 nitrogen and oxygen atoms in total. The number of hydrogen-bond acceptors (Lipinski definition) is 4. The van der Waals surface area contributed by atoms with Crippen LogP contribution in [0.1, 0.15) is 12.8 Å². The van der Waals surface area contributed by atoms with Crippen LogP contribution in [0.25, 0.3) is 0 Å². The zero-order valence-electron chi connectivity index (χ0n) is 9.31. The van der Waals surface area contributed by atoms with Crippen LogP contribution >= 0.6 is 11.6 Å². The summed E-state index contributed by atoms with van der Waals surface area (Å²) in [5.74, 6) is -0.830. The van der Waals surface area contributed by atoms with Crippen LogP contribution in [-0.2, 0) is 0 Å². The molecule has 1 aliphatic carbocycles. The molecule has 0 fully saturated rings. The first-order valence-electron chi connectivity index (χ1n) is 5.07. The molecule has 0 aromatic carbocycles. The van der Waals surface area contributed by atoms with Crippen molar-refractivity contribution in [2.75, 3.05) is 0 Å². The van der Waals surface area contributed by atoms with Gasteiger partial charge in [0.1, 0.15) is 17.7 Å². The Kier molecular flexibility index (Phi) is 4.71. The molecule has 0 N–H and O–H groups in total. The summed E-state index contributed by atoms with van der Waals surface area (Å²) < 4.78 is 0. The molecule has 0 amide bonds. The summed E-state index contributed by atoms with van der Waals surface area (Å²) in [6.07, 6.45) is 4.16. The van der Waals surface area contributed by atoms with Gasteiger partial charge < -0.3 is 0 Å². The summed E-state index contributed by atoms with van der Waals surface area (Å²) >= 11 is 6.09. The Hall–Kier alpha value is -2.53. The van der Waals surface area contributed by atoms with E-state index < -0.39 is 5.92 Å². The Bertz CT molecular complexity index is 581. The van der Waals surface area contributed by atoms with Gasteiger partial charge in [-0.15, -0.1) is 0 Å². The fraction of sp³-hybridized carbons (Fsp3) is 0.231. The van der Waals surface area contributed by atoms with E-state index in [9.17, 15) is 0 Å². The second-order valence-corrected chi connectivity index (χ2v) is 3.93. The second kappa shape index (κ2) is 6.27. The van der Waals surface area contributed by atoms with Crippen LogP contribution in [0.4, 0.5) is 0 Å². The molecule has 5 heteroatoms. The quantitative estimate of drug-likeness (QED) is 0.708. The molecule has 0 bridgehead atoms. The van der Waals surface area contributed by atoms with Crippen LogP contribution < -0.4 is 0 Å². The van der Waals surface area contributed by atoms with Crippen LogP contribution in [0.3, 0.4) is 0 Å². The number of hydrogen-bond donors (Lipinski definition) is 0. The Labute approximate surface area is 110 Å². The first-order chi connectivity index (χ1) is 8.65. The normalized spacial score (nSPS) is 15.8. The lowest BCUT2D eigenvalue weighted by molar-refractivity contribution is 0.996. The zero-order valence-corrected chi connectivity index (χ0v) is 10.1. The smallest absolute Gasteiger partial charge is 0.152 e. The summed E-state index contributed by atoms with van der Waals surface area (Å²) in [7, 11) is 0. The van der Waals surface area contributed by atoms with E-state index in [1.807, 2.05) is 12.1 Å². The molecule has 0 aromatic rings. The van der Waals surface area contributed by atoms with Crippen molar-refractivity contribution in [2.24, 2.45) is 5.92 Å². The van der Waals surface area contributed by atoms with Gasteiger partial charge in [0.25, 0.3) is 0 Å². The SMILES string of the molecule is N#CC(C#N)=CC1=C(Cl)/C(=C/C(C#N)C#N)CC1. The fourth-order valence-electron chi connectivity index (χ4n) is 1.56. The van der Waals surface area contributed by atoms with Gasteiger partial charge in [-0.25, -0.2) is 0 Å². The van der Waals surface area contributed by atoms with Gasteiger partial charge in [-0.3, -0.25) is 0 Å². The first kappa shape index (κ1) is 13.5. The van der Waals surface area contributed by atoms with Crippen molar-refractivity contribution < 1.29 is 0 Å². The Morgan fingerprint density at radius 1 is 1.11 bits per heavy atom. The highest BCUT2D eigenvalue weighted by Gasteiger charge is 2.18. The third-order valence-corrected chi connectivity index (χ3v) is 2.92. The molecule has 0 radical (unpaired) electrons. The molecule has 18 heavy (non-hydrogen) atoms. The van der Waals surface area contributed by atoms with E-state index in [1.165, 1.54) is 12.2 Å². The molecule has 0 aromatic heterocycles. The number of rotatable bonds is 2. The minimum absolute atomic E-state index is 0.0125. The molecule has 0 spiro atoms. The molecule has 0 unspecified atom stereocenters. The van der Waals surface area contributed by atoms with Crippen LogP contribution in [0.15, 0.2) is 33.9 Å². The Morgan fingerprint density at radius 3 is 2.22 bits per heavy atom. The highest BCUT2D eigenvalue weighted by atomic mass is 35.5. The van der Waals surface area contributed by atoms with E-state index in [0.717, 1.165) is 0 Å². The summed E-state index contributed by atoms with van der Waals surface area (Å²) in [5, 5.41) is 35.1. The average Bonchev–Trinajstić information content (AvgIpc) is 2.74. The number of halogens is 1. The maximum atomic E-state index is 8.69. The van der Waals surface area contributed by atoms with Crippen LogP contribution in [-0.4, -0.2) is 0 Å². The van der Waals surface area contributed by atoms with E-state index in [4.69, 9.17) is 32.6 Å². The molecule has 1 rings (SSSR count). The van der Waals surface area contributed by atoms with Gasteiger partial charge in [0.15, 0.2) is 5.92 Å². The number of nitrogens with zero attached hydrogens (tertiary/aromatic N) is 4. The second-order valence-electron chi connectivity index (χ2n) is 3.55. The molecule has 0 saturated heterocycles. The number of allylic oxidation sites excluding steroid dienone is 6. The van der Waals surface area contributed by atoms with E-state index in [1.54, 1.807) is 12.1 Å². The molecule has 0 aliphatic heterocycles. The van der Waals surface area contributed by atoms with E-state index in [2.05, 4.69) is 0 Å². The fourth-order valence-corrected chi connectivity index (χ4v) is 1.86. The summed E-state index contributed by atoms with van der Waals surface area (Å²) in [5.41, 5.74) is 1.39. The molecular formula is C13H7ClN4. The lowest BCUT2D eigenvalue weighted by atomic mass is 10.1. The van der Waals surface area contributed by atoms with Crippen LogP contribution in [0.2, 0.25) is 0 Å². The predicted molar refractivity (Wildman–Crippen MR) is 64.2 cm³/mol. The summed E-state index contributed by atoms with van der Waals surface area (Å²) in [6.45, 7) is 0. The molecule has 0 atom stereocenters. The third kappa shape index (κ3) is 2.99. The monoisotopic (exact) mass is 254 g/mol. The van der Waals surface area contributed by atoms with Crippen LogP contribution in [0, 0.1) is 51.2 Å². The molecular weight excluding hydrogens is 248 g/mol. The molecule has 0 saturated carbocycles. The lowest BCUT2D eigenvalue weighted by Gasteiger charge is -1.97. The van der Waals surface area contributed by atoms with Crippen molar-refractivity contribution in [1.29, 1.82) is 21.0 Å². The van der Waals surface area contributed by atoms with Crippen molar-refractivity contribution in [2.45, 2.75) is 12.8 Å². The molecule has 86 valence electrons. The van der Waals surface area contributed by atoms with Crippen molar-refractivity contribution in [3.8, 4) is 24.3 Å². The van der Waals surface area contributed by atoms with Gasteiger partial charge in [-0.1, -0.05) is 11.6 Å². The highest BCUT2D eigenvalue weighted by Crippen LogP contribution is 2.36. The van der Waals surface area contributed by atoms with Crippen molar-refractivity contribution in [3.05, 3.63) is 33.9 Å². The number of nitriles is 4. The van der Waals surface area contributed by atoms with Gasteiger partial charge in [0.05, 0.1) is 12.1 Å². The van der Waals surface area contributed by atoms with Gasteiger partial charge in [0, 0.05) is 5.03 Å². The topological polar surface area (TPSA) is 95.2 Å². The Balaban J connectivity index is 3.09. The minimum Gasteiger partial charge on any atom is -0.197 e. The van der Waals surface area contributed by atoms with E-state index in [0.29, 0.717) is 29.0 Å². The van der Waals surface area contributed by atoms with Gasteiger partial charge in [-0.05, 0) is 36.1 Å². The molecule has 1 aliphatic rings. The van der Waals surface area contributed by atoms with Crippen molar-refractivity contribution >= 4 is 11.6 Å². The predicted octanol–water partition coefficient (Wildman–Crippen LogP) is 2.84. The van der Waals surface area contributed by atoms with Crippen molar-refractivity contribution in [3.63, 3.8) is 0 Å². The highest BCUT2D eigenvalue weighted by molar-refractivity contribution is 6.33. The maximum Gasteiger partial charge on any atom is 0.152 e. The van der Waals surface area contributed by atoms with Crippen molar-refractivity contribution in [1.82, 2.24) is 0 Å². The standard InChI is InChI=1S/C13H7ClN4/c14-13-11(3-9(5-15)6-16)1-2-12(13)4-10(7-17)8-18/h3-4,9H,1-2H2/b11-3+. The maximum absolute atomic E-state index is 8.69. The Morgan fingerprint density at radius 2 is 1.72 bits per heavy atom. The van der Waals surface area contributed by atoms with E-state index >= 15 is 0 Å². The van der Waals surface area contributed by atoms with Gasteiger partial charge in [-0.2, -0.15) is 21.0 Å². The van der Waals surface area contributed by atoms with E-state index in [-0.39, 0.29) is 5.57 Å². The van der Waals surface area contributed by atoms with Gasteiger partial charge in [0.2, 0.25) is 0 Å². The van der Waals surface area contributed by atoms with Crippen LogP contribution in [0.5, 0.6) is 0 Å².